The van der Waals surface area contributed by atoms with Gasteiger partial charge in [-0.15, -0.1) is 0 Å². The fraction of sp³-hybridized carbons (Fsp3) is 0.647. The van der Waals surface area contributed by atoms with E-state index in [9.17, 15) is 17.2 Å². The van der Waals surface area contributed by atoms with Crippen LogP contribution in [0.5, 0.6) is 0 Å². The molecule has 2 aromatic heterocycles. The van der Waals surface area contributed by atoms with Crippen molar-refractivity contribution in [2.75, 3.05) is 17.7 Å². The second kappa shape index (κ2) is 6.44. The number of aromatic amines is 1. The summed E-state index contributed by atoms with van der Waals surface area (Å²) in [6.07, 6.45) is 2.71. The molecule has 6 nitrogen and oxygen atoms in total. The van der Waals surface area contributed by atoms with Crippen molar-refractivity contribution in [3.63, 3.8) is 0 Å². The Morgan fingerprint density at radius 2 is 2.00 bits per heavy atom. The number of halogens is 2. The third-order valence-electron chi connectivity index (χ3n) is 5.89. The molecule has 0 radical (unpaired) electrons. The van der Waals surface area contributed by atoms with Gasteiger partial charge in [0.1, 0.15) is 17.8 Å². The number of anilines is 1. The van der Waals surface area contributed by atoms with Crippen LogP contribution < -0.4 is 4.90 Å². The quantitative estimate of drug-likeness (QED) is 0.828. The molecule has 2 heterocycles. The van der Waals surface area contributed by atoms with E-state index in [4.69, 9.17) is 0 Å². The molecule has 0 bridgehead atoms. The number of alkyl halides is 2. The van der Waals surface area contributed by atoms with E-state index >= 15 is 0 Å². The van der Waals surface area contributed by atoms with Crippen LogP contribution in [0.1, 0.15) is 25.7 Å². The predicted octanol–water partition coefficient (Wildman–Crippen LogP) is 2.63. The Balaban J connectivity index is 1.33. The third-order valence-corrected chi connectivity index (χ3v) is 8.23. The molecule has 2 aromatic rings. The van der Waals surface area contributed by atoms with Crippen LogP contribution >= 0.6 is 0 Å². The summed E-state index contributed by atoms with van der Waals surface area (Å²) in [6, 6.07) is 2.16. The van der Waals surface area contributed by atoms with Gasteiger partial charge in [-0.2, -0.15) is 0 Å². The highest BCUT2D eigenvalue weighted by atomic mass is 32.2. The summed E-state index contributed by atoms with van der Waals surface area (Å²) >= 11 is 0. The van der Waals surface area contributed by atoms with E-state index in [1.54, 1.807) is 0 Å². The van der Waals surface area contributed by atoms with Gasteiger partial charge in [0.05, 0.1) is 16.4 Å². The first-order valence-corrected chi connectivity index (χ1v) is 10.6. The highest BCUT2D eigenvalue weighted by Gasteiger charge is 2.45. The second-order valence-electron chi connectivity index (χ2n) is 7.56. The maximum Gasteiger partial charge on any atom is 0.241 e. The topological polar surface area (TPSA) is 79.0 Å². The highest BCUT2D eigenvalue weighted by Crippen LogP contribution is 2.41. The number of rotatable bonds is 6. The van der Waals surface area contributed by atoms with Crippen LogP contribution in [-0.4, -0.2) is 53.9 Å². The fourth-order valence-corrected chi connectivity index (χ4v) is 6.32. The third kappa shape index (κ3) is 3.06. The summed E-state index contributed by atoms with van der Waals surface area (Å²) in [7, 11) is -1.31. The van der Waals surface area contributed by atoms with Crippen LogP contribution in [0.3, 0.4) is 0 Å². The summed E-state index contributed by atoms with van der Waals surface area (Å²) in [5.41, 5.74) is 0.777. The Morgan fingerprint density at radius 3 is 2.69 bits per heavy atom. The molecule has 1 N–H and O–H groups in total. The number of H-pyrrole nitrogens is 1. The summed E-state index contributed by atoms with van der Waals surface area (Å²) in [5.74, 6) is 0.306. The zero-order chi connectivity index (χ0) is 18.5. The van der Waals surface area contributed by atoms with E-state index in [0.717, 1.165) is 29.7 Å². The first-order valence-electron chi connectivity index (χ1n) is 8.86. The van der Waals surface area contributed by atoms with Gasteiger partial charge in [0.25, 0.3) is 0 Å². The van der Waals surface area contributed by atoms with Crippen LogP contribution in [0.15, 0.2) is 18.6 Å². The van der Waals surface area contributed by atoms with Crippen LogP contribution in [-0.2, 0) is 9.84 Å². The predicted molar refractivity (Wildman–Crippen MR) is 95.1 cm³/mol. The van der Waals surface area contributed by atoms with E-state index in [-0.39, 0.29) is 30.6 Å². The smallest absolute Gasteiger partial charge is 0.241 e. The number of hydrogen-bond acceptors (Lipinski definition) is 5. The van der Waals surface area contributed by atoms with Crippen molar-refractivity contribution in [3.8, 4) is 0 Å². The molecule has 2 aliphatic rings. The van der Waals surface area contributed by atoms with E-state index in [1.807, 2.05) is 19.3 Å². The molecule has 0 atom stereocenters. The second-order valence-corrected chi connectivity index (χ2v) is 9.88. The van der Waals surface area contributed by atoms with Crippen LogP contribution in [0.2, 0.25) is 0 Å². The van der Waals surface area contributed by atoms with Crippen molar-refractivity contribution in [2.24, 2.45) is 11.8 Å². The van der Waals surface area contributed by atoms with Crippen molar-refractivity contribution >= 4 is 26.7 Å². The van der Waals surface area contributed by atoms with E-state index < -0.39 is 27.4 Å². The number of hydrogen-bond donors (Lipinski definition) is 1. The molecule has 2 saturated carbocycles. The minimum Gasteiger partial charge on any atom is -0.356 e. The average molecular weight is 384 g/mol. The summed E-state index contributed by atoms with van der Waals surface area (Å²) in [5, 5.41) is 0.373. The molecule has 0 saturated heterocycles. The fourth-order valence-electron chi connectivity index (χ4n) is 4.04. The van der Waals surface area contributed by atoms with E-state index in [1.165, 1.54) is 6.33 Å². The molecule has 142 valence electrons. The molecule has 2 fully saturated rings. The number of sulfone groups is 1. The number of nitrogens with one attached hydrogen (secondary N) is 1. The van der Waals surface area contributed by atoms with Crippen molar-refractivity contribution in [1.82, 2.24) is 15.0 Å². The number of aromatic nitrogens is 3. The number of nitrogens with zero attached hydrogens (tertiary/aromatic N) is 3. The van der Waals surface area contributed by atoms with Gasteiger partial charge in [-0.05, 0) is 37.7 Å². The van der Waals surface area contributed by atoms with Crippen LogP contribution in [0, 0.1) is 11.8 Å². The lowest BCUT2D eigenvalue weighted by atomic mass is 9.80. The molecular weight excluding hydrogens is 362 g/mol. The standard InChI is InChI=1S/C17H22F2N4O2S/c1-23(17-14-2-3-20-16(14)21-9-22-17)12-4-10(5-12)8-26(24,25)13-6-11(7-13)15(18)19/h2-3,9-13,15H,4-8H2,1H3,(H,20,21,22)/t10?,11-,12?,13+. The van der Waals surface area contributed by atoms with Gasteiger partial charge in [-0.25, -0.2) is 27.2 Å². The van der Waals surface area contributed by atoms with Crippen molar-refractivity contribution < 1.29 is 17.2 Å². The van der Waals surface area contributed by atoms with Crippen molar-refractivity contribution in [3.05, 3.63) is 18.6 Å². The Bertz CT molecular complexity index is 889. The van der Waals surface area contributed by atoms with Gasteiger partial charge in [0.2, 0.25) is 6.43 Å². The summed E-state index contributed by atoms with van der Waals surface area (Å²) in [6.45, 7) is 0. The van der Waals surface area contributed by atoms with Gasteiger partial charge < -0.3 is 9.88 Å². The van der Waals surface area contributed by atoms with E-state index in [0.29, 0.717) is 0 Å². The SMILES string of the molecule is CN(c1ncnc2[nH]ccc12)C1CC(CS(=O)(=O)[C@H]2C[C@@H](C(F)F)C2)C1. The first kappa shape index (κ1) is 17.6. The Labute approximate surface area is 150 Å². The molecule has 0 unspecified atom stereocenters. The lowest BCUT2D eigenvalue weighted by molar-refractivity contribution is 0.0363. The largest absolute Gasteiger partial charge is 0.356 e. The summed E-state index contributed by atoms with van der Waals surface area (Å²) < 4.78 is 49.9. The Morgan fingerprint density at radius 1 is 1.27 bits per heavy atom. The normalized spacial score (nSPS) is 28.8. The monoisotopic (exact) mass is 384 g/mol. The minimum absolute atomic E-state index is 0.0987. The van der Waals surface area contributed by atoms with Crippen molar-refractivity contribution in [2.45, 2.75) is 43.4 Å². The minimum atomic E-state index is -3.27. The average Bonchev–Trinajstić information content (AvgIpc) is 2.96. The lowest BCUT2D eigenvalue weighted by Gasteiger charge is -2.43. The Hall–Kier alpha value is -1.77. The molecule has 2 aliphatic carbocycles. The van der Waals surface area contributed by atoms with Gasteiger partial charge in [-0.1, -0.05) is 0 Å². The lowest BCUT2D eigenvalue weighted by Crippen LogP contribution is -2.48. The van der Waals surface area contributed by atoms with Crippen LogP contribution in [0.4, 0.5) is 14.6 Å². The van der Waals surface area contributed by atoms with E-state index in [2.05, 4.69) is 19.9 Å². The molecule has 4 rings (SSSR count). The van der Waals surface area contributed by atoms with Gasteiger partial charge >= 0.3 is 0 Å². The maximum atomic E-state index is 12.6. The van der Waals surface area contributed by atoms with Gasteiger partial charge in [-0.3, -0.25) is 0 Å². The Kier molecular flexibility index (Phi) is 4.37. The maximum absolute atomic E-state index is 12.6. The van der Waals surface area contributed by atoms with Gasteiger partial charge in [0, 0.05) is 25.2 Å². The molecule has 0 aromatic carbocycles. The molecule has 9 heteroatoms. The molecule has 0 aliphatic heterocycles. The van der Waals surface area contributed by atoms with Crippen LogP contribution in [0.25, 0.3) is 11.0 Å². The number of fused-ring (bicyclic) bond motifs is 1. The van der Waals surface area contributed by atoms with Gasteiger partial charge in [0.15, 0.2) is 9.84 Å². The van der Waals surface area contributed by atoms with Crippen molar-refractivity contribution in [1.29, 1.82) is 0 Å². The highest BCUT2D eigenvalue weighted by molar-refractivity contribution is 7.92. The molecule has 26 heavy (non-hydrogen) atoms. The molecular formula is C17H22F2N4O2S. The first-order chi connectivity index (χ1) is 12.3. The zero-order valence-corrected chi connectivity index (χ0v) is 15.3. The summed E-state index contributed by atoms with van der Waals surface area (Å²) in [4.78, 5) is 13.7. The molecule has 0 amide bonds. The molecule has 0 spiro atoms. The zero-order valence-electron chi connectivity index (χ0n) is 14.5.